The topological polar surface area (TPSA) is 107 Å². The summed E-state index contributed by atoms with van der Waals surface area (Å²) in [5, 5.41) is 11.5. The van der Waals surface area contributed by atoms with E-state index in [0.717, 1.165) is 0 Å². The van der Waals surface area contributed by atoms with E-state index in [4.69, 9.17) is 9.47 Å². The number of halogens is 2. The molecule has 0 heterocycles. The van der Waals surface area contributed by atoms with E-state index >= 15 is 4.39 Å². The summed E-state index contributed by atoms with van der Waals surface area (Å²) in [5.74, 6) is -3.00. The first-order chi connectivity index (χ1) is 15.8. The summed E-state index contributed by atoms with van der Waals surface area (Å²) in [7, 11) is 0. The third-order valence-corrected chi connectivity index (χ3v) is 9.45. The lowest BCUT2D eigenvalue weighted by atomic mass is 9.46. The summed E-state index contributed by atoms with van der Waals surface area (Å²) in [6.45, 7) is 5.54. The van der Waals surface area contributed by atoms with Crippen molar-refractivity contribution in [3.8, 4) is 0 Å². The summed E-state index contributed by atoms with van der Waals surface area (Å²) >= 11 is 3.29. The van der Waals surface area contributed by atoms with Crippen molar-refractivity contribution in [3.05, 3.63) is 22.2 Å². The van der Waals surface area contributed by atoms with Crippen LogP contribution < -0.4 is 0 Å². The maximum Gasteiger partial charge on any atom is 0.303 e. The lowest BCUT2D eigenvalue weighted by molar-refractivity contribution is -0.201. The van der Waals surface area contributed by atoms with Gasteiger partial charge in [-0.25, -0.2) is 4.39 Å². The zero-order valence-electron chi connectivity index (χ0n) is 19.7. The van der Waals surface area contributed by atoms with Gasteiger partial charge in [-0.2, -0.15) is 0 Å². The Morgan fingerprint density at radius 3 is 2.53 bits per heavy atom. The molecule has 0 unspecified atom stereocenters. The van der Waals surface area contributed by atoms with Gasteiger partial charge in [0, 0.05) is 30.6 Å². The monoisotopic (exact) mass is 540 g/mol. The van der Waals surface area contributed by atoms with Gasteiger partial charge in [-0.3, -0.25) is 19.2 Å². The Hall–Kier alpha value is -1.87. The van der Waals surface area contributed by atoms with E-state index < -0.39 is 53.0 Å². The zero-order valence-corrected chi connectivity index (χ0v) is 21.3. The van der Waals surface area contributed by atoms with Gasteiger partial charge in [-0.15, -0.1) is 0 Å². The van der Waals surface area contributed by atoms with E-state index in [-0.39, 0.29) is 42.8 Å². The molecular weight excluding hydrogens is 511 g/mol. The average Bonchev–Trinajstić information content (AvgIpc) is 3.00. The molecule has 0 spiro atoms. The second-order valence-electron chi connectivity index (χ2n) is 10.6. The van der Waals surface area contributed by atoms with Crippen LogP contribution in [0.3, 0.4) is 0 Å². The molecule has 0 aliphatic heterocycles. The third kappa shape index (κ3) is 3.53. The van der Waals surface area contributed by atoms with E-state index in [1.807, 2.05) is 13.8 Å². The van der Waals surface area contributed by atoms with Crippen molar-refractivity contribution in [1.82, 2.24) is 0 Å². The van der Waals surface area contributed by atoms with Crippen molar-refractivity contribution < 1.29 is 38.1 Å². The molecule has 3 fully saturated rings. The lowest BCUT2D eigenvalue weighted by Crippen LogP contribution is -2.63. The molecule has 0 saturated heterocycles. The predicted molar refractivity (Wildman–Crippen MR) is 122 cm³/mol. The van der Waals surface area contributed by atoms with E-state index in [1.165, 1.54) is 19.9 Å². The van der Waals surface area contributed by atoms with Crippen LogP contribution in [0.15, 0.2) is 22.2 Å². The standard InChI is InChI=1S/C25H30BrFO7/c1-12(28)33-11-21(32)25(34-13(2)29)6-5-15-14-7-18(27)16-8-19(30)17(26)9-23(16,3)22(14)20(31)10-24(15,25)4/h8-9,14-15,18,20,22,31H,5-7,10-11H2,1-4H3/t14-,15-,18+,20-,22-,23-,24-,25+/m0/s1. The van der Waals surface area contributed by atoms with Crippen LogP contribution in [0.25, 0.3) is 0 Å². The number of fused-ring (bicyclic) bond motifs is 5. The van der Waals surface area contributed by atoms with E-state index in [9.17, 15) is 24.3 Å². The van der Waals surface area contributed by atoms with Crippen LogP contribution in [0.4, 0.5) is 4.39 Å². The Balaban J connectivity index is 1.77. The molecule has 0 bridgehead atoms. The van der Waals surface area contributed by atoms with Crippen LogP contribution in [0.5, 0.6) is 0 Å². The minimum Gasteiger partial charge on any atom is -0.458 e. The second-order valence-corrected chi connectivity index (χ2v) is 11.4. The summed E-state index contributed by atoms with van der Waals surface area (Å²) in [6.07, 6.45) is 1.70. The molecule has 1 N–H and O–H groups in total. The first kappa shape index (κ1) is 25.2. The van der Waals surface area contributed by atoms with Crippen LogP contribution in [0.2, 0.25) is 0 Å². The lowest BCUT2D eigenvalue weighted by Gasteiger charge is -2.60. The number of carbonyl (C=O) groups excluding carboxylic acids is 4. The van der Waals surface area contributed by atoms with Crippen LogP contribution in [0, 0.1) is 28.6 Å². The summed E-state index contributed by atoms with van der Waals surface area (Å²) in [4.78, 5) is 49.1. The molecule has 0 amide bonds. The molecule has 34 heavy (non-hydrogen) atoms. The molecular formula is C25H30BrFO7. The van der Waals surface area contributed by atoms with Gasteiger partial charge in [-0.1, -0.05) is 19.9 Å². The Bertz CT molecular complexity index is 1020. The van der Waals surface area contributed by atoms with Crippen LogP contribution in [0.1, 0.15) is 53.4 Å². The molecule has 9 heteroatoms. The number of allylic oxidation sites excluding steroid dienone is 4. The number of aliphatic hydroxyl groups is 1. The molecule has 0 radical (unpaired) electrons. The second kappa shape index (κ2) is 8.36. The summed E-state index contributed by atoms with van der Waals surface area (Å²) in [6, 6.07) is 0. The quantitative estimate of drug-likeness (QED) is 0.544. The molecule has 0 aromatic rings. The van der Waals surface area contributed by atoms with Gasteiger partial charge < -0.3 is 14.6 Å². The minimum atomic E-state index is -1.58. The molecule has 4 aliphatic rings. The number of Topliss-reactive ketones (excluding diaryl/α,β-unsaturated/α-hetero) is 1. The number of alkyl halides is 1. The largest absolute Gasteiger partial charge is 0.458 e. The van der Waals surface area contributed by atoms with Crippen molar-refractivity contribution in [3.63, 3.8) is 0 Å². The van der Waals surface area contributed by atoms with Gasteiger partial charge in [-0.05, 0) is 65.1 Å². The number of aliphatic hydroxyl groups excluding tert-OH is 1. The molecule has 4 rings (SSSR count). The minimum absolute atomic E-state index is 0.108. The van der Waals surface area contributed by atoms with Gasteiger partial charge in [0.15, 0.2) is 18.0 Å². The van der Waals surface area contributed by atoms with Crippen LogP contribution in [-0.4, -0.2) is 53.1 Å². The average molecular weight is 541 g/mol. The maximum absolute atomic E-state index is 15.6. The number of hydrogen-bond acceptors (Lipinski definition) is 7. The van der Waals surface area contributed by atoms with Crippen molar-refractivity contribution in [1.29, 1.82) is 0 Å². The van der Waals surface area contributed by atoms with Crippen LogP contribution >= 0.6 is 15.9 Å². The van der Waals surface area contributed by atoms with Gasteiger partial charge in [0.2, 0.25) is 5.78 Å². The molecule has 4 aliphatic carbocycles. The Morgan fingerprint density at radius 2 is 1.91 bits per heavy atom. The Labute approximate surface area is 206 Å². The molecule has 7 nitrogen and oxygen atoms in total. The number of esters is 2. The van der Waals surface area contributed by atoms with Crippen molar-refractivity contribution in [2.75, 3.05) is 6.61 Å². The predicted octanol–water partition coefficient (Wildman–Crippen LogP) is 3.37. The SMILES string of the molecule is CC(=O)OCC(=O)[C@]1(OC(C)=O)CC[C@H]2[C@@H]3C[C@@H](F)C4=CC(=O)C(Br)=C[C@]4(C)[C@@H]3[C@@H](O)C[C@@]21C. The molecule has 3 saturated carbocycles. The molecule has 0 aromatic carbocycles. The highest BCUT2D eigenvalue weighted by Gasteiger charge is 2.71. The van der Waals surface area contributed by atoms with Crippen molar-refractivity contribution in [2.45, 2.75) is 71.3 Å². The maximum atomic E-state index is 15.6. The number of rotatable bonds is 4. The van der Waals surface area contributed by atoms with E-state index in [2.05, 4.69) is 15.9 Å². The fourth-order valence-corrected chi connectivity index (χ4v) is 8.18. The van der Waals surface area contributed by atoms with Gasteiger partial charge in [0.1, 0.15) is 6.17 Å². The summed E-state index contributed by atoms with van der Waals surface area (Å²) < 4.78 is 26.6. The number of carbonyl (C=O) groups is 4. The van der Waals surface area contributed by atoms with Gasteiger partial charge in [0.05, 0.1) is 10.6 Å². The fraction of sp³-hybridized carbons (Fsp3) is 0.680. The Morgan fingerprint density at radius 1 is 1.24 bits per heavy atom. The van der Waals surface area contributed by atoms with Gasteiger partial charge >= 0.3 is 11.9 Å². The molecule has 0 aromatic heterocycles. The third-order valence-electron chi connectivity index (χ3n) is 8.83. The van der Waals surface area contributed by atoms with Crippen LogP contribution in [-0.2, 0) is 28.7 Å². The van der Waals surface area contributed by atoms with E-state index in [0.29, 0.717) is 16.5 Å². The number of ether oxygens (including phenoxy) is 2. The highest BCUT2D eigenvalue weighted by Crippen LogP contribution is 2.68. The zero-order chi connectivity index (χ0) is 25.2. The smallest absolute Gasteiger partial charge is 0.303 e. The normalized spacial score (nSPS) is 43.0. The van der Waals surface area contributed by atoms with E-state index in [1.54, 1.807) is 6.08 Å². The van der Waals surface area contributed by atoms with Gasteiger partial charge in [0.25, 0.3) is 0 Å². The van der Waals surface area contributed by atoms with Crippen molar-refractivity contribution >= 4 is 39.4 Å². The first-order valence-electron chi connectivity index (χ1n) is 11.6. The van der Waals surface area contributed by atoms with Crippen molar-refractivity contribution in [2.24, 2.45) is 28.6 Å². The summed E-state index contributed by atoms with van der Waals surface area (Å²) in [5.41, 5.74) is -3.05. The highest BCUT2D eigenvalue weighted by atomic mass is 79.9. The number of ketones is 2. The highest BCUT2D eigenvalue weighted by molar-refractivity contribution is 9.12. The Kier molecular flexibility index (Phi) is 6.21. The fourth-order valence-electron chi connectivity index (χ4n) is 7.59. The number of hydrogen-bond donors (Lipinski definition) is 1. The molecule has 8 atom stereocenters. The first-order valence-corrected chi connectivity index (χ1v) is 12.4. The molecule has 186 valence electrons.